The van der Waals surface area contributed by atoms with Crippen LogP contribution in [-0.4, -0.2) is 26.1 Å². The van der Waals surface area contributed by atoms with Crippen LogP contribution in [0.4, 0.5) is 0 Å². The fourth-order valence-electron chi connectivity index (χ4n) is 6.42. The highest BCUT2D eigenvalue weighted by molar-refractivity contribution is 5.84. The molecule has 2 heterocycles. The van der Waals surface area contributed by atoms with E-state index in [0.29, 0.717) is 47.0 Å². The maximum absolute atomic E-state index is 12.9. The van der Waals surface area contributed by atoms with Crippen LogP contribution >= 0.6 is 0 Å². The number of fused-ring (bicyclic) bond motifs is 2. The number of benzene rings is 4. The first-order chi connectivity index (χ1) is 25.5. The third kappa shape index (κ3) is 8.82. The second-order valence-electron chi connectivity index (χ2n) is 12.5. The first-order valence-corrected chi connectivity index (χ1v) is 17.9. The first kappa shape index (κ1) is 36.2. The van der Waals surface area contributed by atoms with Crippen molar-refractivity contribution in [1.82, 2.24) is 0 Å². The lowest BCUT2D eigenvalue weighted by molar-refractivity contribution is -0.0645. The summed E-state index contributed by atoms with van der Waals surface area (Å²) in [5, 5.41) is 1.67. The molecule has 0 aliphatic carbocycles. The summed E-state index contributed by atoms with van der Waals surface area (Å²) in [5.41, 5.74) is 5.35. The van der Waals surface area contributed by atoms with E-state index in [1.165, 1.54) is 6.26 Å². The van der Waals surface area contributed by atoms with Gasteiger partial charge in [0.15, 0.2) is 6.79 Å². The van der Waals surface area contributed by atoms with E-state index in [9.17, 15) is 9.59 Å². The third-order valence-electron chi connectivity index (χ3n) is 9.16. The predicted molar refractivity (Wildman–Crippen MR) is 205 cm³/mol. The van der Waals surface area contributed by atoms with Gasteiger partial charge in [-0.25, -0.2) is 9.59 Å². The molecule has 6 rings (SSSR count). The summed E-state index contributed by atoms with van der Waals surface area (Å²) in [4.78, 5) is 25.8. The largest absolute Gasteiger partial charge is 0.493 e. The van der Waals surface area contributed by atoms with Gasteiger partial charge in [-0.3, -0.25) is 0 Å². The second-order valence-corrected chi connectivity index (χ2v) is 12.5. The van der Waals surface area contributed by atoms with Gasteiger partial charge in [0, 0.05) is 22.9 Å². The lowest BCUT2D eigenvalue weighted by Gasteiger charge is -2.18. The summed E-state index contributed by atoms with van der Waals surface area (Å²) in [6, 6.07) is 30.7. The molecule has 0 unspecified atom stereocenters. The first-order valence-electron chi connectivity index (χ1n) is 17.9. The molecule has 0 saturated heterocycles. The lowest BCUT2D eigenvalue weighted by Crippen LogP contribution is -2.17. The Morgan fingerprint density at radius 1 is 0.635 bits per heavy atom. The van der Waals surface area contributed by atoms with E-state index in [-0.39, 0.29) is 24.1 Å². The number of aryl methyl sites for hydroxylation is 2. The molecular weight excluding hydrogens is 656 g/mol. The van der Waals surface area contributed by atoms with Gasteiger partial charge in [0.25, 0.3) is 0 Å². The zero-order valence-corrected chi connectivity index (χ0v) is 29.7. The highest BCUT2D eigenvalue weighted by atomic mass is 16.7. The molecule has 268 valence electrons. The molecule has 0 bridgehead atoms. The van der Waals surface area contributed by atoms with Crippen LogP contribution in [0.3, 0.4) is 0 Å². The molecule has 0 amide bonds. The van der Waals surface area contributed by atoms with Crippen LogP contribution in [0.1, 0.15) is 50.7 Å². The summed E-state index contributed by atoms with van der Waals surface area (Å²) in [5.74, 6) is 1.26. The zero-order chi connectivity index (χ0) is 36.3. The van der Waals surface area contributed by atoms with Crippen molar-refractivity contribution in [2.24, 2.45) is 0 Å². The van der Waals surface area contributed by atoms with Crippen molar-refractivity contribution < 1.29 is 27.8 Å². The van der Waals surface area contributed by atoms with Gasteiger partial charge in [0.2, 0.25) is 0 Å². The van der Waals surface area contributed by atoms with E-state index in [1.807, 2.05) is 84.9 Å². The number of hydrogen-bond donors (Lipinski definition) is 0. The van der Waals surface area contributed by atoms with Crippen LogP contribution in [0.5, 0.6) is 11.5 Å². The Morgan fingerprint density at radius 2 is 1.12 bits per heavy atom. The fraction of sp³-hybridized carbons (Fsp3) is 0.273. The van der Waals surface area contributed by atoms with Gasteiger partial charge in [-0.15, -0.1) is 0 Å². The Hall–Kier alpha value is -5.60. The molecule has 0 aliphatic rings. The predicted octanol–water partition coefficient (Wildman–Crippen LogP) is 9.88. The third-order valence-corrected chi connectivity index (χ3v) is 9.16. The number of hydrogen-bond acceptors (Lipinski definition) is 8. The Bertz CT molecular complexity index is 2100. The normalized spacial score (nSPS) is 11.3. The Labute approximate surface area is 303 Å². The summed E-state index contributed by atoms with van der Waals surface area (Å²) in [6.07, 6.45) is 5.89. The fourth-order valence-corrected chi connectivity index (χ4v) is 6.42. The highest BCUT2D eigenvalue weighted by Gasteiger charge is 2.14. The molecule has 2 aromatic heterocycles. The molecule has 8 heteroatoms. The van der Waals surface area contributed by atoms with Gasteiger partial charge in [0.05, 0.1) is 36.7 Å². The van der Waals surface area contributed by atoms with E-state index in [2.05, 4.69) is 20.4 Å². The molecule has 0 radical (unpaired) electrons. The van der Waals surface area contributed by atoms with Gasteiger partial charge in [-0.05, 0) is 97.2 Å². The van der Waals surface area contributed by atoms with Crippen LogP contribution in [-0.2, 0) is 22.3 Å². The quantitative estimate of drug-likeness (QED) is 0.0378. The Balaban J connectivity index is 1.01. The molecule has 0 aliphatic heterocycles. The summed E-state index contributed by atoms with van der Waals surface area (Å²) in [6.45, 7) is 8.77. The van der Waals surface area contributed by atoms with E-state index >= 15 is 0 Å². The van der Waals surface area contributed by atoms with E-state index in [4.69, 9.17) is 27.8 Å². The molecule has 0 fully saturated rings. The summed E-state index contributed by atoms with van der Waals surface area (Å²) < 4.78 is 34.7. The molecule has 0 spiro atoms. The minimum atomic E-state index is -0.369. The van der Waals surface area contributed by atoms with Gasteiger partial charge in [0.1, 0.15) is 22.7 Å². The Kier molecular flexibility index (Phi) is 12.2. The standard InChI is InChI=1S/C44H44O8/c1-4-30-13-7-9-17-37(30)39-25-32-19-21-35(27-41(32)51-43(39)45)48-23-11-15-34(50-29-47-6-3)16-12-24-49-36-22-20-33-26-40(44(46)52-42(33)28-36)38-18-10-8-14-31(38)5-2/h6-10,13-14,17-22,25-28,34H,3-5,11-12,15-16,23-24,29H2,1-2H3. The van der Waals surface area contributed by atoms with Crippen LogP contribution in [0.2, 0.25) is 0 Å². The second kappa shape index (κ2) is 17.6. The van der Waals surface area contributed by atoms with Crippen molar-refractivity contribution in [2.45, 2.75) is 58.5 Å². The Morgan fingerprint density at radius 3 is 1.58 bits per heavy atom. The lowest BCUT2D eigenvalue weighted by atomic mass is 9.98. The van der Waals surface area contributed by atoms with Crippen LogP contribution < -0.4 is 20.7 Å². The molecule has 6 aromatic rings. The topological polar surface area (TPSA) is 97.3 Å². The maximum atomic E-state index is 12.9. The SMILES string of the molecule is C=COCOC(CCCOc1ccc2cc(-c3ccccc3CC)c(=O)oc2c1)CCCOc1ccc2cc(-c3ccccc3CC)c(=O)oc2c1. The van der Waals surface area contributed by atoms with Crippen molar-refractivity contribution in [3.63, 3.8) is 0 Å². The molecule has 4 aromatic carbocycles. The van der Waals surface area contributed by atoms with Gasteiger partial charge < -0.3 is 27.8 Å². The van der Waals surface area contributed by atoms with Crippen LogP contribution in [0.25, 0.3) is 44.2 Å². The van der Waals surface area contributed by atoms with Gasteiger partial charge >= 0.3 is 11.3 Å². The van der Waals surface area contributed by atoms with Crippen molar-refractivity contribution in [2.75, 3.05) is 20.0 Å². The summed E-state index contributed by atoms with van der Waals surface area (Å²) >= 11 is 0. The maximum Gasteiger partial charge on any atom is 0.344 e. The minimum Gasteiger partial charge on any atom is -0.493 e. The average molecular weight is 701 g/mol. The molecule has 0 atom stereocenters. The van der Waals surface area contributed by atoms with E-state index in [0.717, 1.165) is 71.6 Å². The van der Waals surface area contributed by atoms with Crippen molar-refractivity contribution in [3.8, 4) is 33.8 Å². The van der Waals surface area contributed by atoms with Gasteiger partial charge in [-0.2, -0.15) is 0 Å². The number of ether oxygens (including phenoxy) is 4. The highest BCUT2D eigenvalue weighted by Crippen LogP contribution is 2.29. The zero-order valence-electron chi connectivity index (χ0n) is 29.7. The minimum absolute atomic E-state index is 0.0785. The van der Waals surface area contributed by atoms with Crippen molar-refractivity contribution in [3.05, 3.63) is 142 Å². The molecule has 0 N–H and O–H groups in total. The smallest absolute Gasteiger partial charge is 0.344 e. The molecule has 52 heavy (non-hydrogen) atoms. The van der Waals surface area contributed by atoms with Crippen LogP contribution in [0, 0.1) is 0 Å². The van der Waals surface area contributed by atoms with Crippen molar-refractivity contribution in [1.29, 1.82) is 0 Å². The average Bonchev–Trinajstić information content (AvgIpc) is 3.17. The number of rotatable bonds is 18. The monoisotopic (exact) mass is 700 g/mol. The van der Waals surface area contributed by atoms with E-state index < -0.39 is 0 Å². The molecular formula is C44H44O8. The van der Waals surface area contributed by atoms with Crippen LogP contribution in [0.15, 0.2) is 128 Å². The summed E-state index contributed by atoms with van der Waals surface area (Å²) in [7, 11) is 0. The molecule has 8 nitrogen and oxygen atoms in total. The van der Waals surface area contributed by atoms with Gasteiger partial charge in [-0.1, -0.05) is 69.0 Å². The van der Waals surface area contributed by atoms with Crippen molar-refractivity contribution >= 4 is 21.9 Å². The van der Waals surface area contributed by atoms with E-state index in [1.54, 1.807) is 12.1 Å². The molecule has 0 saturated carbocycles.